The third-order valence-electron chi connectivity index (χ3n) is 4.27. The zero-order valence-electron chi connectivity index (χ0n) is 13.9. The first-order chi connectivity index (χ1) is 11.7. The largest absolute Gasteiger partial charge is 0.372 e. The molecule has 3 aromatic heterocycles. The van der Waals surface area contributed by atoms with Crippen LogP contribution in [0.3, 0.4) is 0 Å². The number of hydrogen-bond acceptors (Lipinski definition) is 5. The molecule has 0 N–H and O–H groups in total. The van der Waals surface area contributed by atoms with E-state index in [0.29, 0.717) is 0 Å². The maximum atomic E-state index is 5.87. The van der Waals surface area contributed by atoms with E-state index in [1.165, 1.54) is 0 Å². The number of fused-ring (bicyclic) bond motifs is 1. The first-order valence-corrected chi connectivity index (χ1v) is 8.27. The number of anilines is 1. The third-order valence-corrected chi connectivity index (χ3v) is 4.27. The summed E-state index contributed by atoms with van der Waals surface area (Å²) in [6.07, 6.45) is 5.78. The Balaban J connectivity index is 1.87. The number of morpholine rings is 1. The molecule has 0 saturated carbocycles. The average molecular weight is 320 g/mol. The molecule has 4 heterocycles. The van der Waals surface area contributed by atoms with Crippen molar-refractivity contribution in [2.45, 2.75) is 26.1 Å². The maximum absolute atomic E-state index is 5.87. The summed E-state index contributed by atoms with van der Waals surface area (Å²) in [7, 11) is 0. The lowest BCUT2D eigenvalue weighted by atomic mass is 10.1. The lowest BCUT2D eigenvalue weighted by molar-refractivity contribution is -0.00536. The highest BCUT2D eigenvalue weighted by Crippen LogP contribution is 2.30. The number of ether oxygens (including phenoxy) is 1. The van der Waals surface area contributed by atoms with E-state index < -0.39 is 0 Å². The molecule has 0 unspecified atom stereocenters. The van der Waals surface area contributed by atoms with E-state index in [1.807, 2.05) is 30.5 Å². The van der Waals surface area contributed by atoms with Crippen LogP contribution in [0, 0.1) is 0 Å². The Morgan fingerprint density at radius 2 is 1.79 bits per heavy atom. The van der Waals surface area contributed by atoms with E-state index in [-0.39, 0.29) is 12.2 Å². The van der Waals surface area contributed by atoms with Crippen molar-refractivity contribution in [3.8, 4) is 11.3 Å². The molecule has 0 amide bonds. The summed E-state index contributed by atoms with van der Waals surface area (Å²) in [6, 6.07) is 10.1. The second-order valence-corrected chi connectivity index (χ2v) is 6.30. The van der Waals surface area contributed by atoms with Gasteiger partial charge in [0.2, 0.25) is 0 Å². The molecule has 0 aliphatic carbocycles. The molecular formula is C19H20N4O. The highest BCUT2D eigenvalue weighted by molar-refractivity contribution is 5.92. The lowest BCUT2D eigenvalue weighted by Crippen LogP contribution is -2.46. The first-order valence-electron chi connectivity index (χ1n) is 8.27. The Kier molecular flexibility index (Phi) is 3.86. The van der Waals surface area contributed by atoms with Crippen molar-refractivity contribution in [1.82, 2.24) is 15.0 Å². The van der Waals surface area contributed by atoms with E-state index >= 15 is 0 Å². The van der Waals surface area contributed by atoms with Crippen LogP contribution >= 0.6 is 0 Å². The first kappa shape index (κ1) is 15.0. The quantitative estimate of drug-likeness (QED) is 0.725. The van der Waals surface area contributed by atoms with E-state index in [2.05, 4.69) is 34.8 Å². The van der Waals surface area contributed by atoms with E-state index in [4.69, 9.17) is 9.72 Å². The predicted octanol–water partition coefficient (Wildman–Crippen LogP) is 3.31. The number of aromatic nitrogens is 3. The highest BCUT2D eigenvalue weighted by atomic mass is 16.5. The van der Waals surface area contributed by atoms with E-state index in [1.54, 1.807) is 12.4 Å². The summed E-state index contributed by atoms with van der Waals surface area (Å²) in [5, 5.41) is 1.08. The van der Waals surface area contributed by atoms with Crippen LogP contribution in [-0.2, 0) is 4.74 Å². The van der Waals surface area contributed by atoms with Gasteiger partial charge in [0.05, 0.1) is 23.4 Å². The third kappa shape index (κ3) is 2.83. The van der Waals surface area contributed by atoms with Gasteiger partial charge >= 0.3 is 0 Å². The second kappa shape index (κ2) is 6.17. The minimum Gasteiger partial charge on any atom is -0.372 e. The van der Waals surface area contributed by atoms with Gasteiger partial charge in [-0.2, -0.15) is 0 Å². The van der Waals surface area contributed by atoms with Crippen LogP contribution < -0.4 is 4.90 Å². The Morgan fingerprint density at radius 1 is 1.04 bits per heavy atom. The van der Waals surface area contributed by atoms with Crippen LogP contribution in [0.2, 0.25) is 0 Å². The van der Waals surface area contributed by atoms with Crippen LogP contribution in [0.1, 0.15) is 13.8 Å². The fraction of sp³-hybridized carbons (Fsp3) is 0.316. The molecule has 24 heavy (non-hydrogen) atoms. The average Bonchev–Trinajstić information content (AvgIpc) is 2.60. The molecule has 0 aromatic carbocycles. The molecule has 2 atom stereocenters. The number of rotatable bonds is 2. The van der Waals surface area contributed by atoms with Crippen LogP contribution in [0.15, 0.2) is 48.9 Å². The summed E-state index contributed by atoms with van der Waals surface area (Å²) < 4.78 is 5.87. The minimum absolute atomic E-state index is 0.187. The molecule has 5 heteroatoms. The van der Waals surface area contributed by atoms with Gasteiger partial charge < -0.3 is 9.64 Å². The van der Waals surface area contributed by atoms with Gasteiger partial charge in [0.15, 0.2) is 0 Å². The molecule has 122 valence electrons. The van der Waals surface area contributed by atoms with E-state index in [0.717, 1.165) is 41.1 Å². The maximum Gasteiger partial charge on any atom is 0.138 e. The van der Waals surface area contributed by atoms with Gasteiger partial charge in [-0.25, -0.2) is 4.98 Å². The topological polar surface area (TPSA) is 51.1 Å². The van der Waals surface area contributed by atoms with E-state index in [9.17, 15) is 0 Å². The second-order valence-electron chi connectivity index (χ2n) is 6.30. The van der Waals surface area contributed by atoms with Crippen LogP contribution in [0.25, 0.3) is 22.2 Å². The Morgan fingerprint density at radius 3 is 2.54 bits per heavy atom. The van der Waals surface area contributed by atoms with Crippen molar-refractivity contribution in [3.63, 3.8) is 0 Å². The zero-order valence-corrected chi connectivity index (χ0v) is 13.9. The predicted molar refractivity (Wildman–Crippen MR) is 95.0 cm³/mol. The molecule has 0 radical (unpaired) electrons. The molecule has 3 aromatic rings. The molecule has 4 rings (SSSR count). The van der Waals surface area contributed by atoms with Gasteiger partial charge in [-0.1, -0.05) is 0 Å². The summed E-state index contributed by atoms with van der Waals surface area (Å²) in [6.45, 7) is 5.88. The Hall–Kier alpha value is -2.53. The van der Waals surface area contributed by atoms with Crippen molar-refractivity contribution in [2.24, 2.45) is 0 Å². The highest BCUT2D eigenvalue weighted by Gasteiger charge is 2.25. The van der Waals surface area contributed by atoms with Gasteiger partial charge in [-0.15, -0.1) is 0 Å². The Labute approximate surface area is 141 Å². The summed E-state index contributed by atoms with van der Waals surface area (Å²) >= 11 is 0. The molecule has 1 aliphatic heterocycles. The van der Waals surface area contributed by atoms with Crippen molar-refractivity contribution < 1.29 is 4.74 Å². The van der Waals surface area contributed by atoms with Crippen molar-refractivity contribution >= 4 is 16.7 Å². The molecule has 1 fully saturated rings. The van der Waals surface area contributed by atoms with Gasteiger partial charge in [-0.3, -0.25) is 9.97 Å². The smallest absolute Gasteiger partial charge is 0.138 e. The molecule has 1 aliphatic rings. The zero-order chi connectivity index (χ0) is 16.5. The Bertz CT molecular complexity index is 842. The number of nitrogens with zero attached hydrogens (tertiary/aromatic N) is 4. The fourth-order valence-corrected chi connectivity index (χ4v) is 3.32. The number of pyridine rings is 3. The van der Waals surface area contributed by atoms with Crippen molar-refractivity contribution in [1.29, 1.82) is 0 Å². The summed E-state index contributed by atoms with van der Waals surface area (Å²) in [4.78, 5) is 15.9. The SMILES string of the molecule is C[C@H]1CN(c2nc(-c3ccncc3)cc3ncccc23)C[C@H](C)O1. The van der Waals surface area contributed by atoms with Crippen LogP contribution in [0.5, 0.6) is 0 Å². The lowest BCUT2D eigenvalue weighted by Gasteiger charge is -2.36. The van der Waals surface area contributed by atoms with Gasteiger partial charge in [-0.05, 0) is 44.2 Å². The van der Waals surface area contributed by atoms with Crippen molar-refractivity contribution in [3.05, 3.63) is 48.9 Å². The normalized spacial score (nSPS) is 21.2. The monoisotopic (exact) mass is 320 g/mol. The van der Waals surface area contributed by atoms with Crippen LogP contribution in [0.4, 0.5) is 5.82 Å². The fourth-order valence-electron chi connectivity index (χ4n) is 3.32. The standard InChI is InChI=1S/C19H20N4O/c1-13-11-23(12-14(2)24-13)19-16-4-3-7-21-18(16)10-17(22-19)15-5-8-20-9-6-15/h3-10,13-14H,11-12H2,1-2H3/t13-,14-/m0/s1. The minimum atomic E-state index is 0.187. The molecule has 0 bridgehead atoms. The summed E-state index contributed by atoms with van der Waals surface area (Å²) in [5.74, 6) is 0.981. The van der Waals surface area contributed by atoms with Crippen molar-refractivity contribution in [2.75, 3.05) is 18.0 Å². The number of hydrogen-bond donors (Lipinski definition) is 0. The van der Waals surface area contributed by atoms with Gasteiger partial charge in [0.1, 0.15) is 5.82 Å². The molecule has 1 saturated heterocycles. The van der Waals surface area contributed by atoms with Gasteiger partial charge in [0, 0.05) is 42.6 Å². The van der Waals surface area contributed by atoms with Gasteiger partial charge in [0.25, 0.3) is 0 Å². The van der Waals surface area contributed by atoms with Crippen LogP contribution in [-0.4, -0.2) is 40.2 Å². The molecule has 0 spiro atoms. The molecular weight excluding hydrogens is 300 g/mol. The summed E-state index contributed by atoms with van der Waals surface area (Å²) in [5.41, 5.74) is 2.93. The molecule has 5 nitrogen and oxygen atoms in total.